The van der Waals surface area contributed by atoms with Gasteiger partial charge < -0.3 is 24.2 Å². The van der Waals surface area contributed by atoms with Crippen LogP contribution in [0.2, 0.25) is 0 Å². The van der Waals surface area contributed by atoms with Gasteiger partial charge in [0.05, 0.1) is 31.9 Å². The van der Waals surface area contributed by atoms with Crippen molar-refractivity contribution in [3.8, 4) is 11.5 Å². The predicted molar refractivity (Wildman–Crippen MR) is 111 cm³/mol. The highest BCUT2D eigenvalue weighted by atomic mass is 16.5. The topological polar surface area (TPSA) is 85.3 Å². The van der Waals surface area contributed by atoms with Gasteiger partial charge in [-0.2, -0.15) is 0 Å². The first-order valence-corrected chi connectivity index (χ1v) is 9.66. The molecule has 1 N–H and O–H groups in total. The Kier molecular flexibility index (Phi) is 6.74. The molecule has 0 saturated carbocycles. The molecule has 1 fully saturated rings. The van der Waals surface area contributed by atoms with Crippen molar-refractivity contribution >= 4 is 17.4 Å². The number of hydrogen-bond acceptors (Lipinski definition) is 6. The van der Waals surface area contributed by atoms with E-state index in [1.54, 1.807) is 55.6 Å². The molecule has 3 rings (SSSR count). The van der Waals surface area contributed by atoms with Gasteiger partial charge in [0.15, 0.2) is 0 Å². The number of carbonyl (C=O) groups excluding carboxylic acids is 2. The van der Waals surface area contributed by atoms with Gasteiger partial charge in [0.1, 0.15) is 17.3 Å². The van der Waals surface area contributed by atoms with Crippen LogP contribution in [0.4, 0.5) is 0 Å². The maximum absolute atomic E-state index is 12.9. The highest BCUT2D eigenvalue weighted by Crippen LogP contribution is 2.40. The van der Waals surface area contributed by atoms with Crippen LogP contribution in [-0.4, -0.2) is 55.7 Å². The van der Waals surface area contributed by atoms with Crippen molar-refractivity contribution in [2.45, 2.75) is 13.0 Å². The number of hydrogen-bond donors (Lipinski definition) is 1. The zero-order valence-corrected chi connectivity index (χ0v) is 17.3. The molecule has 0 aliphatic carbocycles. The lowest BCUT2D eigenvalue weighted by molar-refractivity contribution is -0.140. The van der Waals surface area contributed by atoms with Crippen LogP contribution >= 0.6 is 0 Å². The molecule has 0 bridgehead atoms. The van der Waals surface area contributed by atoms with Gasteiger partial charge >= 0.3 is 0 Å². The van der Waals surface area contributed by atoms with E-state index in [0.29, 0.717) is 29.2 Å². The van der Waals surface area contributed by atoms with E-state index in [1.165, 1.54) is 12.0 Å². The number of ketones is 1. The number of carbonyl (C=O) groups is 2. The number of benzene rings is 2. The van der Waals surface area contributed by atoms with Crippen LogP contribution in [0.3, 0.4) is 0 Å². The Morgan fingerprint density at radius 1 is 1.07 bits per heavy atom. The van der Waals surface area contributed by atoms with Gasteiger partial charge in [-0.25, -0.2) is 0 Å². The number of rotatable bonds is 8. The number of ether oxygens (including phenoxy) is 3. The summed E-state index contributed by atoms with van der Waals surface area (Å²) in [5, 5.41) is 11.0. The molecule has 7 heteroatoms. The van der Waals surface area contributed by atoms with Gasteiger partial charge in [0, 0.05) is 19.2 Å². The summed E-state index contributed by atoms with van der Waals surface area (Å²) in [5.74, 6) is -0.397. The normalized spacial score (nSPS) is 18.0. The van der Waals surface area contributed by atoms with Crippen LogP contribution < -0.4 is 9.47 Å². The standard InChI is InChI=1S/C23H25NO6/c1-4-30-17-10-8-15(9-11-17)21(25)19-20(16-6-5-7-18(14-16)29-3)24(12-13-28-2)23(27)22(19)26/h5-11,14,20,25H,4,12-13H2,1-3H3/b21-19+. The number of amides is 1. The van der Waals surface area contributed by atoms with Crippen LogP contribution in [0.25, 0.3) is 5.76 Å². The van der Waals surface area contributed by atoms with Crippen LogP contribution in [0.1, 0.15) is 24.1 Å². The molecule has 1 atom stereocenters. The Morgan fingerprint density at radius 2 is 1.80 bits per heavy atom. The molecule has 0 spiro atoms. The lowest BCUT2D eigenvalue weighted by Gasteiger charge is -2.25. The molecule has 2 aromatic carbocycles. The van der Waals surface area contributed by atoms with Crippen LogP contribution in [-0.2, 0) is 14.3 Å². The second-order valence-electron chi connectivity index (χ2n) is 6.72. The largest absolute Gasteiger partial charge is 0.507 e. The van der Waals surface area contributed by atoms with E-state index in [1.807, 2.05) is 6.92 Å². The summed E-state index contributed by atoms with van der Waals surface area (Å²) in [6.45, 7) is 2.87. The Hall–Kier alpha value is -3.32. The summed E-state index contributed by atoms with van der Waals surface area (Å²) in [6.07, 6.45) is 0. The van der Waals surface area contributed by atoms with E-state index < -0.39 is 17.7 Å². The fourth-order valence-corrected chi connectivity index (χ4v) is 3.49. The molecular weight excluding hydrogens is 386 g/mol. The maximum Gasteiger partial charge on any atom is 0.295 e. The fourth-order valence-electron chi connectivity index (χ4n) is 3.49. The average molecular weight is 411 g/mol. The molecule has 1 amide bonds. The summed E-state index contributed by atoms with van der Waals surface area (Å²) in [7, 11) is 3.07. The van der Waals surface area contributed by atoms with Crippen molar-refractivity contribution in [3.05, 3.63) is 65.2 Å². The van der Waals surface area contributed by atoms with E-state index in [4.69, 9.17) is 14.2 Å². The Morgan fingerprint density at radius 3 is 2.43 bits per heavy atom. The molecule has 2 aromatic rings. The second-order valence-corrected chi connectivity index (χ2v) is 6.72. The van der Waals surface area contributed by atoms with E-state index in [-0.39, 0.29) is 24.5 Å². The van der Waals surface area contributed by atoms with Crippen LogP contribution in [0, 0.1) is 0 Å². The maximum atomic E-state index is 12.9. The molecule has 158 valence electrons. The third-order valence-corrected chi connectivity index (χ3v) is 4.92. The first-order chi connectivity index (χ1) is 14.5. The molecule has 30 heavy (non-hydrogen) atoms. The molecule has 7 nitrogen and oxygen atoms in total. The molecule has 1 saturated heterocycles. The quantitative estimate of drug-likeness (QED) is 0.408. The third kappa shape index (κ3) is 4.16. The van der Waals surface area contributed by atoms with Gasteiger partial charge in [0.25, 0.3) is 11.7 Å². The fraction of sp³-hybridized carbons (Fsp3) is 0.304. The highest BCUT2D eigenvalue weighted by molar-refractivity contribution is 6.46. The summed E-state index contributed by atoms with van der Waals surface area (Å²) in [4.78, 5) is 27.1. The highest BCUT2D eigenvalue weighted by Gasteiger charge is 2.45. The van der Waals surface area contributed by atoms with Gasteiger partial charge in [0.2, 0.25) is 0 Å². The number of Topliss-reactive ketones (excluding diaryl/α,β-unsaturated/α-hetero) is 1. The van der Waals surface area contributed by atoms with Gasteiger partial charge in [-0.05, 0) is 48.9 Å². The lowest BCUT2D eigenvalue weighted by atomic mass is 9.95. The van der Waals surface area contributed by atoms with Gasteiger partial charge in [-0.1, -0.05) is 12.1 Å². The van der Waals surface area contributed by atoms with Crippen molar-refractivity contribution in [1.82, 2.24) is 4.90 Å². The van der Waals surface area contributed by atoms with Crippen LogP contribution in [0.5, 0.6) is 11.5 Å². The van der Waals surface area contributed by atoms with Crippen molar-refractivity contribution in [2.24, 2.45) is 0 Å². The minimum absolute atomic E-state index is 0.0357. The number of aliphatic hydroxyl groups excluding tert-OH is 1. The first-order valence-electron chi connectivity index (χ1n) is 9.66. The molecule has 1 aliphatic rings. The molecule has 0 radical (unpaired) electrons. The number of methoxy groups -OCH3 is 2. The smallest absolute Gasteiger partial charge is 0.295 e. The van der Waals surface area contributed by atoms with E-state index in [9.17, 15) is 14.7 Å². The van der Waals surface area contributed by atoms with Crippen molar-refractivity contribution in [3.63, 3.8) is 0 Å². The minimum Gasteiger partial charge on any atom is -0.507 e. The number of likely N-dealkylation sites (tertiary alicyclic amines) is 1. The predicted octanol–water partition coefficient (Wildman–Crippen LogP) is 3.16. The second kappa shape index (κ2) is 9.45. The van der Waals surface area contributed by atoms with E-state index in [2.05, 4.69) is 0 Å². The number of nitrogens with zero attached hydrogens (tertiary/aromatic N) is 1. The molecule has 0 aromatic heterocycles. The van der Waals surface area contributed by atoms with Gasteiger partial charge in [-0.3, -0.25) is 9.59 Å². The Labute approximate surface area is 175 Å². The Balaban J connectivity index is 2.11. The monoisotopic (exact) mass is 411 g/mol. The average Bonchev–Trinajstić information content (AvgIpc) is 3.02. The van der Waals surface area contributed by atoms with E-state index in [0.717, 1.165) is 0 Å². The van der Waals surface area contributed by atoms with Gasteiger partial charge in [-0.15, -0.1) is 0 Å². The summed E-state index contributed by atoms with van der Waals surface area (Å²) < 4.78 is 15.8. The zero-order chi connectivity index (χ0) is 21.7. The molecular formula is C23H25NO6. The first kappa shape index (κ1) is 21.4. The molecule has 1 aliphatic heterocycles. The molecule has 1 heterocycles. The van der Waals surface area contributed by atoms with Crippen molar-refractivity contribution < 1.29 is 28.9 Å². The lowest BCUT2D eigenvalue weighted by Crippen LogP contribution is -2.32. The SMILES string of the molecule is CCOc1ccc(/C(O)=C2\C(=O)C(=O)N(CCOC)C2c2cccc(OC)c2)cc1. The Bertz CT molecular complexity index is 950. The number of aliphatic hydroxyl groups is 1. The van der Waals surface area contributed by atoms with E-state index >= 15 is 0 Å². The zero-order valence-electron chi connectivity index (χ0n) is 17.3. The minimum atomic E-state index is -0.748. The summed E-state index contributed by atoms with van der Waals surface area (Å²) in [5.41, 5.74) is 1.13. The van der Waals surface area contributed by atoms with Crippen molar-refractivity contribution in [1.29, 1.82) is 0 Å². The summed E-state index contributed by atoms with van der Waals surface area (Å²) in [6, 6.07) is 13.1. The van der Waals surface area contributed by atoms with Crippen molar-refractivity contribution in [2.75, 3.05) is 34.0 Å². The molecule has 1 unspecified atom stereocenters. The van der Waals surface area contributed by atoms with Crippen LogP contribution in [0.15, 0.2) is 54.1 Å². The summed E-state index contributed by atoms with van der Waals surface area (Å²) >= 11 is 0. The third-order valence-electron chi connectivity index (χ3n) is 4.92.